The number of nitrogens with zero attached hydrogens (tertiary/aromatic N) is 2. The highest BCUT2D eigenvalue weighted by atomic mass is 32.2. The van der Waals surface area contributed by atoms with Crippen molar-refractivity contribution in [3.05, 3.63) is 12.4 Å². The van der Waals surface area contributed by atoms with Gasteiger partial charge in [0.1, 0.15) is 4.90 Å². The van der Waals surface area contributed by atoms with Crippen LogP contribution in [0.3, 0.4) is 0 Å². The smallest absolute Gasteiger partial charge is 0.243 e. The summed E-state index contributed by atoms with van der Waals surface area (Å²) in [5.74, 6) is 0.747. The molecular weight excluding hydrogens is 288 g/mol. The Morgan fingerprint density at radius 3 is 2.67 bits per heavy atom. The fraction of sp³-hybridized carbons (Fsp3) is 0.786. The van der Waals surface area contributed by atoms with Crippen molar-refractivity contribution >= 4 is 10.0 Å². The Balaban J connectivity index is 2.53. The van der Waals surface area contributed by atoms with Crippen LogP contribution in [0.4, 0.5) is 0 Å². The molecule has 2 N–H and O–H groups in total. The van der Waals surface area contributed by atoms with E-state index in [0.29, 0.717) is 24.9 Å². The first-order valence-electron chi connectivity index (χ1n) is 7.59. The second kappa shape index (κ2) is 8.51. The number of aryl methyl sites for hydroxylation is 1. The lowest BCUT2D eigenvalue weighted by Gasteiger charge is -2.15. The van der Waals surface area contributed by atoms with Gasteiger partial charge in [0.15, 0.2) is 0 Å². The van der Waals surface area contributed by atoms with E-state index in [4.69, 9.17) is 0 Å². The number of sulfonamides is 1. The molecular formula is C14H28N4O2S. The Kier molecular flexibility index (Phi) is 7.34. The molecule has 7 heteroatoms. The summed E-state index contributed by atoms with van der Waals surface area (Å²) < 4.78 is 28.7. The van der Waals surface area contributed by atoms with Gasteiger partial charge in [0.25, 0.3) is 0 Å². The van der Waals surface area contributed by atoms with Gasteiger partial charge in [-0.25, -0.2) is 13.1 Å². The van der Waals surface area contributed by atoms with Crippen molar-refractivity contribution in [3.63, 3.8) is 0 Å². The fourth-order valence-corrected chi connectivity index (χ4v) is 2.80. The maximum Gasteiger partial charge on any atom is 0.243 e. The van der Waals surface area contributed by atoms with Crippen molar-refractivity contribution < 1.29 is 8.42 Å². The fourth-order valence-electron chi connectivity index (χ4n) is 1.71. The van der Waals surface area contributed by atoms with Gasteiger partial charge in [0, 0.05) is 19.3 Å². The molecule has 0 bridgehead atoms. The third-order valence-corrected chi connectivity index (χ3v) is 5.02. The monoisotopic (exact) mass is 316 g/mol. The number of hydrogen-bond donors (Lipinski definition) is 2. The van der Waals surface area contributed by atoms with Gasteiger partial charge in [-0.05, 0) is 31.3 Å². The van der Waals surface area contributed by atoms with Gasteiger partial charge in [-0.2, -0.15) is 5.10 Å². The predicted molar refractivity (Wildman–Crippen MR) is 84.6 cm³/mol. The standard InChI is InChI=1S/C14H28N4O2S/c1-5-15-7-6-8-18-11-14(10-16-18)21(19,20)17-9-13(4)12(2)3/h10-13,15,17H,5-9H2,1-4H3. The van der Waals surface area contributed by atoms with Crippen molar-refractivity contribution in [1.82, 2.24) is 19.8 Å². The summed E-state index contributed by atoms with van der Waals surface area (Å²) in [5.41, 5.74) is 0. The van der Waals surface area contributed by atoms with E-state index in [1.54, 1.807) is 10.9 Å². The lowest BCUT2D eigenvalue weighted by molar-refractivity contribution is 0.414. The average Bonchev–Trinajstić information content (AvgIpc) is 2.90. The highest BCUT2D eigenvalue weighted by molar-refractivity contribution is 7.89. The first-order chi connectivity index (χ1) is 9.86. The molecule has 1 aromatic rings. The van der Waals surface area contributed by atoms with Crippen molar-refractivity contribution in [3.8, 4) is 0 Å². The minimum atomic E-state index is -3.45. The topological polar surface area (TPSA) is 76.0 Å². The number of aromatic nitrogens is 2. The number of rotatable bonds is 10. The van der Waals surface area contributed by atoms with Crippen molar-refractivity contribution in [2.75, 3.05) is 19.6 Å². The highest BCUT2D eigenvalue weighted by Crippen LogP contribution is 2.11. The van der Waals surface area contributed by atoms with Crippen LogP contribution in [0.25, 0.3) is 0 Å². The van der Waals surface area contributed by atoms with Gasteiger partial charge in [0.2, 0.25) is 10.0 Å². The van der Waals surface area contributed by atoms with Gasteiger partial charge >= 0.3 is 0 Å². The number of nitrogens with one attached hydrogen (secondary N) is 2. The van der Waals surface area contributed by atoms with Crippen LogP contribution in [0.2, 0.25) is 0 Å². The van der Waals surface area contributed by atoms with Crippen LogP contribution >= 0.6 is 0 Å². The van der Waals surface area contributed by atoms with E-state index in [1.807, 2.05) is 6.92 Å². The van der Waals surface area contributed by atoms with Crippen LogP contribution in [0.5, 0.6) is 0 Å². The summed E-state index contributed by atoms with van der Waals surface area (Å²) >= 11 is 0. The molecule has 0 spiro atoms. The molecule has 1 unspecified atom stereocenters. The third kappa shape index (κ3) is 6.15. The summed E-state index contributed by atoms with van der Waals surface area (Å²) in [4.78, 5) is 0.238. The molecule has 0 aliphatic carbocycles. The summed E-state index contributed by atoms with van der Waals surface area (Å²) in [6.45, 7) is 11.3. The van der Waals surface area contributed by atoms with Gasteiger partial charge < -0.3 is 5.32 Å². The van der Waals surface area contributed by atoms with E-state index in [1.165, 1.54) is 6.20 Å². The Labute approximate surface area is 128 Å². The molecule has 0 radical (unpaired) electrons. The van der Waals surface area contributed by atoms with Gasteiger partial charge in [-0.15, -0.1) is 0 Å². The number of hydrogen-bond acceptors (Lipinski definition) is 4. The first-order valence-corrected chi connectivity index (χ1v) is 9.08. The average molecular weight is 316 g/mol. The van der Waals surface area contributed by atoms with Crippen LogP contribution in [-0.2, 0) is 16.6 Å². The maximum atomic E-state index is 12.2. The molecule has 1 atom stereocenters. The third-order valence-electron chi connectivity index (χ3n) is 3.64. The van der Waals surface area contributed by atoms with E-state index >= 15 is 0 Å². The van der Waals surface area contributed by atoms with Crippen LogP contribution in [0.1, 0.15) is 34.1 Å². The molecule has 1 aromatic heterocycles. The summed E-state index contributed by atoms with van der Waals surface area (Å²) in [6, 6.07) is 0. The van der Waals surface area contributed by atoms with E-state index in [9.17, 15) is 8.42 Å². The normalized spacial score (nSPS) is 13.8. The van der Waals surface area contributed by atoms with Crippen molar-refractivity contribution in [2.45, 2.75) is 45.6 Å². The zero-order chi connectivity index (χ0) is 15.9. The quantitative estimate of drug-likeness (QED) is 0.641. The molecule has 0 aromatic carbocycles. The van der Waals surface area contributed by atoms with Gasteiger partial charge in [-0.3, -0.25) is 4.68 Å². The summed E-state index contributed by atoms with van der Waals surface area (Å²) in [7, 11) is -3.45. The Hall–Kier alpha value is -0.920. The molecule has 0 aliphatic heterocycles. The van der Waals surface area contributed by atoms with Crippen LogP contribution in [0.15, 0.2) is 17.3 Å². The zero-order valence-electron chi connectivity index (χ0n) is 13.5. The molecule has 0 fully saturated rings. The SMILES string of the molecule is CCNCCCn1cc(S(=O)(=O)NCC(C)C(C)C)cn1. The molecule has 0 amide bonds. The minimum absolute atomic E-state index is 0.238. The lowest BCUT2D eigenvalue weighted by atomic mass is 9.99. The highest BCUT2D eigenvalue weighted by Gasteiger charge is 2.18. The van der Waals surface area contributed by atoms with E-state index in [-0.39, 0.29) is 4.90 Å². The van der Waals surface area contributed by atoms with Crippen LogP contribution < -0.4 is 10.0 Å². The Morgan fingerprint density at radius 2 is 2.05 bits per heavy atom. The van der Waals surface area contributed by atoms with Crippen LogP contribution in [-0.4, -0.2) is 37.8 Å². The second-order valence-electron chi connectivity index (χ2n) is 5.72. The molecule has 122 valence electrons. The molecule has 0 saturated heterocycles. The molecule has 0 saturated carbocycles. The second-order valence-corrected chi connectivity index (χ2v) is 7.49. The minimum Gasteiger partial charge on any atom is -0.317 e. The van der Waals surface area contributed by atoms with E-state index < -0.39 is 10.0 Å². The maximum absolute atomic E-state index is 12.2. The largest absolute Gasteiger partial charge is 0.317 e. The molecule has 1 heterocycles. The molecule has 1 rings (SSSR count). The zero-order valence-corrected chi connectivity index (χ0v) is 14.3. The van der Waals surface area contributed by atoms with Crippen molar-refractivity contribution in [1.29, 1.82) is 0 Å². The predicted octanol–water partition coefficient (Wildman–Crippen LogP) is 1.45. The van der Waals surface area contributed by atoms with Gasteiger partial charge in [0.05, 0.1) is 6.20 Å². The van der Waals surface area contributed by atoms with E-state index in [0.717, 1.165) is 19.5 Å². The van der Waals surface area contributed by atoms with Gasteiger partial charge in [-0.1, -0.05) is 27.7 Å². The van der Waals surface area contributed by atoms with Crippen LogP contribution in [0, 0.1) is 11.8 Å². The Morgan fingerprint density at radius 1 is 1.33 bits per heavy atom. The summed E-state index contributed by atoms with van der Waals surface area (Å²) in [6.07, 6.45) is 3.93. The summed E-state index contributed by atoms with van der Waals surface area (Å²) in [5, 5.41) is 7.34. The molecule has 0 aliphatic rings. The van der Waals surface area contributed by atoms with Crippen molar-refractivity contribution in [2.24, 2.45) is 11.8 Å². The van der Waals surface area contributed by atoms with E-state index in [2.05, 4.69) is 35.9 Å². The first kappa shape index (κ1) is 18.1. The molecule has 6 nitrogen and oxygen atoms in total. The Bertz CT molecular complexity index is 511. The molecule has 21 heavy (non-hydrogen) atoms. The lowest BCUT2D eigenvalue weighted by Crippen LogP contribution is -2.30.